The zero-order valence-corrected chi connectivity index (χ0v) is 13.4. The van der Waals surface area contributed by atoms with Crippen LogP contribution in [0.5, 0.6) is 0 Å². The molecule has 1 N–H and O–H groups in total. The minimum atomic E-state index is -3.66. The van der Waals surface area contributed by atoms with Crippen LogP contribution >= 0.6 is 0 Å². The Kier molecular flexibility index (Phi) is 4.39. The van der Waals surface area contributed by atoms with Gasteiger partial charge in [-0.2, -0.15) is 4.31 Å². The molecule has 1 aromatic carbocycles. The molecule has 1 saturated heterocycles. The first kappa shape index (κ1) is 16.0. The highest BCUT2D eigenvalue weighted by Crippen LogP contribution is 2.30. The summed E-state index contributed by atoms with van der Waals surface area (Å²) >= 11 is 0. The summed E-state index contributed by atoms with van der Waals surface area (Å²) in [4.78, 5) is 11.3. The Hall–Kier alpha value is -1.40. The SMILES string of the molecule is Cc1ccc(S(=O)(=O)N2[C@H](C)CCC[C@@H]2C)cc1C(=O)O. The first-order chi connectivity index (χ1) is 9.75. The van der Waals surface area contributed by atoms with Crippen molar-refractivity contribution in [3.8, 4) is 0 Å². The van der Waals surface area contributed by atoms with Gasteiger partial charge in [-0.15, -0.1) is 0 Å². The number of aryl methyl sites for hydroxylation is 1. The Labute approximate surface area is 125 Å². The molecule has 0 amide bonds. The second-order valence-corrected chi connectivity index (χ2v) is 7.59. The maximum atomic E-state index is 12.8. The molecule has 0 unspecified atom stereocenters. The molecule has 116 valence electrons. The molecular weight excluding hydrogens is 290 g/mol. The lowest BCUT2D eigenvalue weighted by atomic mass is 10.0. The molecular formula is C15H21NO4S. The number of hydrogen-bond donors (Lipinski definition) is 1. The van der Waals surface area contributed by atoms with Crippen LogP contribution in [0.25, 0.3) is 0 Å². The number of piperidine rings is 1. The normalized spacial score (nSPS) is 24.0. The van der Waals surface area contributed by atoms with Crippen LogP contribution in [-0.2, 0) is 10.0 Å². The molecule has 2 rings (SSSR count). The highest BCUT2D eigenvalue weighted by atomic mass is 32.2. The smallest absolute Gasteiger partial charge is 0.335 e. The first-order valence-corrected chi connectivity index (χ1v) is 8.56. The van der Waals surface area contributed by atoms with Gasteiger partial charge in [-0.05, 0) is 51.3 Å². The van der Waals surface area contributed by atoms with E-state index in [0.717, 1.165) is 19.3 Å². The number of sulfonamides is 1. The molecule has 0 aliphatic carbocycles. The Balaban J connectivity index is 2.48. The van der Waals surface area contributed by atoms with Gasteiger partial charge in [0.05, 0.1) is 10.5 Å². The number of benzene rings is 1. The van der Waals surface area contributed by atoms with Crippen LogP contribution in [0.4, 0.5) is 0 Å². The van der Waals surface area contributed by atoms with E-state index >= 15 is 0 Å². The van der Waals surface area contributed by atoms with E-state index in [2.05, 4.69) is 0 Å². The van der Waals surface area contributed by atoms with E-state index in [0.29, 0.717) is 5.56 Å². The average molecular weight is 311 g/mol. The van der Waals surface area contributed by atoms with Crippen molar-refractivity contribution in [1.29, 1.82) is 0 Å². The van der Waals surface area contributed by atoms with E-state index in [1.54, 1.807) is 13.0 Å². The van der Waals surface area contributed by atoms with Gasteiger partial charge in [0.2, 0.25) is 10.0 Å². The van der Waals surface area contributed by atoms with Crippen LogP contribution in [0.3, 0.4) is 0 Å². The molecule has 1 heterocycles. The summed E-state index contributed by atoms with van der Waals surface area (Å²) in [6.45, 7) is 5.46. The predicted octanol–water partition coefficient (Wildman–Crippen LogP) is 2.64. The van der Waals surface area contributed by atoms with Gasteiger partial charge < -0.3 is 5.11 Å². The third kappa shape index (κ3) is 2.96. The fourth-order valence-corrected chi connectivity index (χ4v) is 4.89. The van der Waals surface area contributed by atoms with Crippen LogP contribution < -0.4 is 0 Å². The third-order valence-electron chi connectivity index (χ3n) is 4.13. The fourth-order valence-electron chi connectivity index (χ4n) is 2.99. The van der Waals surface area contributed by atoms with Gasteiger partial charge in [0, 0.05) is 12.1 Å². The van der Waals surface area contributed by atoms with Crippen LogP contribution in [0, 0.1) is 6.92 Å². The van der Waals surface area contributed by atoms with Crippen molar-refractivity contribution in [2.24, 2.45) is 0 Å². The minimum Gasteiger partial charge on any atom is -0.478 e. The van der Waals surface area contributed by atoms with Crippen molar-refractivity contribution in [3.63, 3.8) is 0 Å². The van der Waals surface area contributed by atoms with Crippen LogP contribution in [0.15, 0.2) is 23.1 Å². The Morgan fingerprint density at radius 1 is 1.24 bits per heavy atom. The van der Waals surface area contributed by atoms with Crippen molar-refractivity contribution >= 4 is 16.0 Å². The van der Waals surface area contributed by atoms with Crippen molar-refractivity contribution < 1.29 is 18.3 Å². The summed E-state index contributed by atoms with van der Waals surface area (Å²) in [6, 6.07) is 4.18. The molecule has 0 aromatic heterocycles. The number of nitrogens with zero attached hydrogens (tertiary/aromatic N) is 1. The van der Waals surface area contributed by atoms with E-state index < -0.39 is 16.0 Å². The Morgan fingerprint density at radius 2 is 1.81 bits per heavy atom. The molecule has 2 atom stereocenters. The summed E-state index contributed by atoms with van der Waals surface area (Å²) in [5, 5.41) is 9.16. The molecule has 1 aliphatic heterocycles. The standard InChI is InChI=1S/C15H21NO4S/c1-10-7-8-13(9-14(10)15(17)18)21(19,20)16-11(2)5-4-6-12(16)3/h7-9,11-12H,4-6H2,1-3H3,(H,17,18)/t11-,12+. The number of carboxylic acid groups (broad SMARTS) is 1. The van der Waals surface area contributed by atoms with Gasteiger partial charge in [-0.25, -0.2) is 13.2 Å². The zero-order chi connectivity index (χ0) is 15.8. The van der Waals surface area contributed by atoms with Crippen molar-refractivity contribution in [3.05, 3.63) is 29.3 Å². The van der Waals surface area contributed by atoms with Crippen molar-refractivity contribution in [2.75, 3.05) is 0 Å². The van der Waals surface area contributed by atoms with Crippen LogP contribution in [-0.4, -0.2) is 35.9 Å². The van der Waals surface area contributed by atoms with E-state index in [-0.39, 0.29) is 22.5 Å². The molecule has 1 fully saturated rings. The highest BCUT2D eigenvalue weighted by molar-refractivity contribution is 7.89. The molecule has 5 nitrogen and oxygen atoms in total. The van der Waals surface area contributed by atoms with Crippen molar-refractivity contribution in [2.45, 2.75) is 57.0 Å². The van der Waals surface area contributed by atoms with E-state index in [1.807, 2.05) is 13.8 Å². The topological polar surface area (TPSA) is 74.7 Å². The fraction of sp³-hybridized carbons (Fsp3) is 0.533. The molecule has 21 heavy (non-hydrogen) atoms. The quantitative estimate of drug-likeness (QED) is 0.931. The summed E-state index contributed by atoms with van der Waals surface area (Å²) in [6.07, 6.45) is 2.69. The maximum absolute atomic E-state index is 12.8. The van der Waals surface area contributed by atoms with Crippen molar-refractivity contribution in [1.82, 2.24) is 4.31 Å². The highest BCUT2D eigenvalue weighted by Gasteiger charge is 2.35. The minimum absolute atomic E-state index is 0.0355. The van der Waals surface area contributed by atoms with Gasteiger partial charge in [0.15, 0.2) is 0 Å². The lowest BCUT2D eigenvalue weighted by Gasteiger charge is -2.37. The number of aromatic carboxylic acids is 1. The average Bonchev–Trinajstić information content (AvgIpc) is 2.38. The number of rotatable bonds is 3. The van der Waals surface area contributed by atoms with Gasteiger partial charge in [0.1, 0.15) is 0 Å². The Morgan fingerprint density at radius 3 is 2.33 bits per heavy atom. The van der Waals surface area contributed by atoms with E-state index in [4.69, 9.17) is 5.11 Å². The van der Waals surface area contributed by atoms with E-state index in [1.165, 1.54) is 16.4 Å². The van der Waals surface area contributed by atoms with E-state index in [9.17, 15) is 13.2 Å². The van der Waals surface area contributed by atoms with Crippen LogP contribution in [0.1, 0.15) is 49.0 Å². The van der Waals surface area contributed by atoms with Crippen LogP contribution in [0.2, 0.25) is 0 Å². The molecule has 1 aliphatic rings. The summed E-state index contributed by atoms with van der Waals surface area (Å²) < 4.78 is 27.2. The molecule has 1 aromatic rings. The monoisotopic (exact) mass is 311 g/mol. The first-order valence-electron chi connectivity index (χ1n) is 7.12. The van der Waals surface area contributed by atoms with Gasteiger partial charge >= 0.3 is 5.97 Å². The zero-order valence-electron chi connectivity index (χ0n) is 12.5. The maximum Gasteiger partial charge on any atom is 0.335 e. The number of carboxylic acids is 1. The lowest BCUT2D eigenvalue weighted by molar-refractivity contribution is 0.0696. The molecule has 0 bridgehead atoms. The second kappa shape index (κ2) is 5.77. The summed E-state index contributed by atoms with van der Waals surface area (Å²) in [5.41, 5.74) is 0.592. The lowest BCUT2D eigenvalue weighted by Crippen LogP contribution is -2.47. The molecule has 0 spiro atoms. The summed E-state index contributed by atoms with van der Waals surface area (Å²) in [5.74, 6) is -1.11. The Bertz CT molecular complexity index is 644. The van der Waals surface area contributed by atoms with Gasteiger partial charge in [-0.3, -0.25) is 0 Å². The molecule has 0 radical (unpaired) electrons. The summed E-state index contributed by atoms with van der Waals surface area (Å²) in [7, 11) is -3.66. The number of hydrogen-bond acceptors (Lipinski definition) is 3. The second-order valence-electron chi connectivity index (χ2n) is 5.75. The van der Waals surface area contributed by atoms with Gasteiger partial charge in [0.25, 0.3) is 0 Å². The van der Waals surface area contributed by atoms with Gasteiger partial charge in [-0.1, -0.05) is 12.5 Å². The molecule has 6 heteroatoms. The number of carbonyl (C=O) groups is 1. The largest absolute Gasteiger partial charge is 0.478 e. The molecule has 0 saturated carbocycles. The predicted molar refractivity (Wildman–Crippen MR) is 79.9 cm³/mol. The third-order valence-corrected chi connectivity index (χ3v) is 6.25.